The molecular weight excluding hydrogens is 836 g/mol. The summed E-state index contributed by atoms with van der Waals surface area (Å²) in [5, 5.41) is 0. The smallest absolute Gasteiger partial charge is 0.303 e. The van der Waals surface area contributed by atoms with Gasteiger partial charge in [0.1, 0.15) is 36.9 Å². The molecule has 63 heavy (non-hydrogen) atoms. The van der Waals surface area contributed by atoms with E-state index in [-0.39, 0.29) is 18.6 Å². The molecule has 2 aromatic carbocycles. The van der Waals surface area contributed by atoms with Gasteiger partial charge < -0.3 is 56.8 Å². The monoisotopic (exact) mass is 886 g/mol. The predicted octanol–water partition coefficient (Wildman–Crippen LogP) is 2.98. The van der Waals surface area contributed by atoms with Gasteiger partial charge in [0.2, 0.25) is 18.0 Å². The van der Waals surface area contributed by atoms with E-state index < -0.39 is 121 Å². The van der Waals surface area contributed by atoms with Crippen LogP contribution in [0.5, 0.6) is 11.5 Å². The van der Waals surface area contributed by atoms with Crippen LogP contribution in [0.1, 0.15) is 74.3 Å². The quantitative estimate of drug-likeness (QED) is 0.207. The molecule has 0 saturated carbocycles. The summed E-state index contributed by atoms with van der Waals surface area (Å²) in [5.41, 5.74) is 0.276. The molecule has 0 aliphatic carbocycles. The molecule has 20 heteroatoms. The third kappa shape index (κ3) is 11.6. The molecule has 2 saturated heterocycles. The van der Waals surface area contributed by atoms with Crippen molar-refractivity contribution in [3.8, 4) is 22.6 Å². The molecule has 0 N–H and O–H groups in total. The molecule has 0 radical (unpaired) electrons. The molecule has 3 heterocycles. The molecule has 3 aliphatic heterocycles. The summed E-state index contributed by atoms with van der Waals surface area (Å²) in [6.45, 7) is 9.66. The highest BCUT2D eigenvalue weighted by Crippen LogP contribution is 2.45. The van der Waals surface area contributed by atoms with Crippen LogP contribution in [-0.2, 0) is 92.1 Å². The standard InChI is InChI=1S/C43H50O20/c1-21(44)52-19-34-37(55-24(4)47)39(57-26(6)49)42(9,61-28(8)51)41(60-34)59-32-13-10-29(11-14-32)30-12-15-33-31(18-30)16-17-43(62-33)40(58-27(7)50)38(56-25(5)48)36(54-23(3)46)35(63-43)20-53-22(2)45/h10-15,18,34-41H,16-17,19-20H2,1-9H3/t34-,35-,36-,37-,38+,39+,40+,41+,42+,43+/m1/s1. The highest BCUT2D eigenvalue weighted by molar-refractivity contribution is 5.71. The van der Waals surface area contributed by atoms with Crippen LogP contribution in [0.2, 0.25) is 0 Å². The number of carbonyl (C=O) groups is 8. The summed E-state index contributed by atoms with van der Waals surface area (Å²) < 4.78 is 69.2. The van der Waals surface area contributed by atoms with E-state index in [9.17, 15) is 38.4 Å². The van der Waals surface area contributed by atoms with Gasteiger partial charge in [-0.3, -0.25) is 38.4 Å². The van der Waals surface area contributed by atoms with E-state index in [1.807, 2.05) is 6.07 Å². The van der Waals surface area contributed by atoms with Gasteiger partial charge in [-0.2, -0.15) is 0 Å². The van der Waals surface area contributed by atoms with E-state index in [0.717, 1.165) is 52.7 Å². The van der Waals surface area contributed by atoms with Crippen LogP contribution >= 0.6 is 0 Å². The first-order chi connectivity index (χ1) is 29.6. The van der Waals surface area contributed by atoms with Crippen molar-refractivity contribution >= 4 is 47.8 Å². The summed E-state index contributed by atoms with van der Waals surface area (Å²) in [6.07, 6.45) is -10.6. The van der Waals surface area contributed by atoms with Crippen molar-refractivity contribution in [2.75, 3.05) is 13.2 Å². The molecule has 5 rings (SSSR count). The lowest BCUT2D eigenvalue weighted by atomic mass is 9.85. The van der Waals surface area contributed by atoms with Gasteiger partial charge in [-0.15, -0.1) is 0 Å². The average molecular weight is 887 g/mol. The third-order valence-corrected chi connectivity index (χ3v) is 10.0. The number of fused-ring (bicyclic) bond motifs is 1. The van der Waals surface area contributed by atoms with Gasteiger partial charge in [0.05, 0.1) is 0 Å². The van der Waals surface area contributed by atoms with E-state index in [1.165, 1.54) is 20.8 Å². The Morgan fingerprint density at radius 2 is 1.11 bits per heavy atom. The second-order valence-corrected chi connectivity index (χ2v) is 15.2. The molecule has 10 atom stereocenters. The van der Waals surface area contributed by atoms with E-state index in [1.54, 1.807) is 36.4 Å². The minimum atomic E-state index is -1.89. The summed E-state index contributed by atoms with van der Waals surface area (Å²) in [7, 11) is 0. The first kappa shape index (κ1) is 47.8. The fraction of sp³-hybridized carbons (Fsp3) is 0.535. The number of hydrogen-bond acceptors (Lipinski definition) is 20. The van der Waals surface area contributed by atoms with Gasteiger partial charge in [-0.1, -0.05) is 18.2 Å². The maximum Gasteiger partial charge on any atom is 0.303 e. The first-order valence-corrected chi connectivity index (χ1v) is 19.9. The van der Waals surface area contributed by atoms with Crippen molar-refractivity contribution in [1.82, 2.24) is 0 Å². The van der Waals surface area contributed by atoms with Crippen molar-refractivity contribution in [2.45, 2.75) is 136 Å². The number of ether oxygens (including phenoxy) is 12. The van der Waals surface area contributed by atoms with Crippen molar-refractivity contribution in [1.29, 1.82) is 0 Å². The zero-order chi connectivity index (χ0) is 46.4. The van der Waals surface area contributed by atoms with E-state index >= 15 is 0 Å². The maximum atomic E-state index is 12.5. The molecule has 1 spiro atoms. The lowest BCUT2D eigenvalue weighted by Crippen LogP contribution is -2.70. The molecule has 0 unspecified atom stereocenters. The van der Waals surface area contributed by atoms with Crippen LogP contribution in [0.25, 0.3) is 11.1 Å². The minimum absolute atomic E-state index is 0.0445. The summed E-state index contributed by atoms with van der Waals surface area (Å²) in [6, 6.07) is 12.0. The zero-order valence-electron chi connectivity index (χ0n) is 36.2. The van der Waals surface area contributed by atoms with Crippen molar-refractivity contribution in [2.24, 2.45) is 0 Å². The normalized spacial score (nSPS) is 28.4. The first-order valence-electron chi connectivity index (χ1n) is 19.9. The Bertz CT molecular complexity index is 2080. The third-order valence-electron chi connectivity index (χ3n) is 10.0. The molecule has 2 fully saturated rings. The van der Waals surface area contributed by atoms with E-state index in [0.29, 0.717) is 11.3 Å². The topological polar surface area (TPSA) is 247 Å². The zero-order valence-corrected chi connectivity index (χ0v) is 36.2. The molecule has 0 amide bonds. The number of aryl methyl sites for hydroxylation is 1. The van der Waals surface area contributed by atoms with Gasteiger partial charge in [0.25, 0.3) is 5.79 Å². The average Bonchev–Trinajstić information content (AvgIpc) is 3.17. The summed E-state index contributed by atoms with van der Waals surface area (Å²) in [5.74, 6) is -7.23. The van der Waals surface area contributed by atoms with Crippen LogP contribution < -0.4 is 9.47 Å². The number of benzene rings is 2. The van der Waals surface area contributed by atoms with Gasteiger partial charge in [0.15, 0.2) is 24.4 Å². The maximum absolute atomic E-state index is 12.5. The van der Waals surface area contributed by atoms with Crippen LogP contribution in [-0.4, -0.2) is 121 Å². The Hall–Kier alpha value is -6.28. The second kappa shape index (κ2) is 19.8. The van der Waals surface area contributed by atoms with Crippen molar-refractivity contribution in [3.05, 3.63) is 48.0 Å². The van der Waals surface area contributed by atoms with E-state index in [4.69, 9.17) is 56.8 Å². The van der Waals surface area contributed by atoms with Gasteiger partial charge in [-0.05, 0) is 54.3 Å². The molecule has 0 aromatic heterocycles. The number of carbonyl (C=O) groups excluding carboxylic acids is 8. The number of esters is 8. The SMILES string of the molecule is CC(=O)OC[C@H]1O[C@H](Oc2ccc(-c3ccc4c(c3)CC[C@]3(O4)O[C@H](COC(C)=O)[C@@H](OC(C)=O)[C@H](OC(C)=O)[C@@H]3OC(C)=O)cc2)[C@@](C)(OC(C)=O)[C@@H](OC(C)=O)[C@@H]1OC(C)=O. The van der Waals surface area contributed by atoms with Crippen molar-refractivity contribution < 1.29 is 95.2 Å². The Morgan fingerprint density at radius 1 is 0.587 bits per heavy atom. The molecule has 3 aliphatic rings. The molecule has 0 bridgehead atoms. The van der Waals surface area contributed by atoms with Crippen molar-refractivity contribution in [3.63, 3.8) is 0 Å². The van der Waals surface area contributed by atoms with Crippen LogP contribution in [0.4, 0.5) is 0 Å². The highest BCUT2D eigenvalue weighted by atomic mass is 16.8. The minimum Gasteiger partial charge on any atom is -0.463 e. The Kier molecular flexibility index (Phi) is 15.0. The molecular formula is C43H50O20. The van der Waals surface area contributed by atoms with Gasteiger partial charge in [-0.25, -0.2) is 0 Å². The predicted molar refractivity (Wildman–Crippen MR) is 209 cm³/mol. The lowest BCUT2D eigenvalue weighted by Gasteiger charge is -2.52. The fourth-order valence-corrected chi connectivity index (χ4v) is 7.69. The highest BCUT2D eigenvalue weighted by Gasteiger charge is 2.63. The molecule has 342 valence electrons. The summed E-state index contributed by atoms with van der Waals surface area (Å²) in [4.78, 5) is 97.6. The number of hydrogen-bond donors (Lipinski definition) is 0. The lowest BCUT2D eigenvalue weighted by molar-refractivity contribution is -0.345. The van der Waals surface area contributed by atoms with Gasteiger partial charge >= 0.3 is 47.8 Å². The number of rotatable bonds is 13. The van der Waals surface area contributed by atoms with Crippen LogP contribution in [0, 0.1) is 0 Å². The second-order valence-electron chi connectivity index (χ2n) is 15.2. The van der Waals surface area contributed by atoms with Crippen LogP contribution in [0.3, 0.4) is 0 Å². The fourth-order valence-electron chi connectivity index (χ4n) is 7.69. The Balaban J connectivity index is 1.44. The molecule has 20 nitrogen and oxygen atoms in total. The largest absolute Gasteiger partial charge is 0.463 e. The van der Waals surface area contributed by atoms with E-state index in [2.05, 4.69) is 0 Å². The molecule has 2 aromatic rings. The summed E-state index contributed by atoms with van der Waals surface area (Å²) >= 11 is 0. The Labute approximate surface area is 361 Å². The van der Waals surface area contributed by atoms with Crippen LogP contribution in [0.15, 0.2) is 42.5 Å². The van der Waals surface area contributed by atoms with Gasteiger partial charge in [0, 0.05) is 61.8 Å². The Morgan fingerprint density at radius 3 is 1.67 bits per heavy atom.